The molecule has 0 amide bonds. The summed E-state index contributed by atoms with van der Waals surface area (Å²) in [6.45, 7) is 3.70. The van der Waals surface area contributed by atoms with Crippen LogP contribution in [-0.2, 0) is 20.0 Å². The summed E-state index contributed by atoms with van der Waals surface area (Å²) >= 11 is 1.87. The molecule has 2 N–H and O–H groups in total. The second-order valence-electron chi connectivity index (χ2n) is 4.85. The normalized spacial score (nSPS) is 13.1. The third-order valence-corrected chi connectivity index (χ3v) is 4.64. The van der Waals surface area contributed by atoms with Gasteiger partial charge in [0.2, 0.25) is 0 Å². The summed E-state index contributed by atoms with van der Waals surface area (Å²) in [5.74, 6) is 0. The van der Waals surface area contributed by atoms with Gasteiger partial charge in [-0.3, -0.25) is 9.58 Å². The average molecular weight is 278 g/mol. The molecule has 0 spiro atoms. The van der Waals surface area contributed by atoms with Crippen LogP contribution in [0.2, 0.25) is 0 Å². The van der Waals surface area contributed by atoms with Crippen molar-refractivity contribution >= 4 is 11.3 Å². The zero-order valence-corrected chi connectivity index (χ0v) is 12.7. The van der Waals surface area contributed by atoms with Crippen LogP contribution in [0.1, 0.15) is 28.3 Å². The summed E-state index contributed by atoms with van der Waals surface area (Å²) in [7, 11) is 4.06. The molecule has 0 radical (unpaired) electrons. The molecule has 5 heteroatoms. The van der Waals surface area contributed by atoms with Crippen LogP contribution in [0.3, 0.4) is 0 Å². The summed E-state index contributed by atoms with van der Waals surface area (Å²) < 4.78 is 1.83. The Morgan fingerprint density at radius 3 is 2.79 bits per heavy atom. The Balaban J connectivity index is 2.08. The SMILES string of the molecule is CCc1ccc(C(CN)N(C)Cc2cnn(C)c2)s1. The van der Waals surface area contributed by atoms with E-state index in [0.717, 1.165) is 13.0 Å². The first-order valence-corrected chi connectivity index (χ1v) is 7.42. The molecule has 2 rings (SSSR count). The van der Waals surface area contributed by atoms with E-state index in [-0.39, 0.29) is 6.04 Å². The third kappa shape index (κ3) is 3.43. The molecule has 1 atom stereocenters. The number of aryl methyl sites for hydroxylation is 2. The van der Waals surface area contributed by atoms with Gasteiger partial charge in [-0.1, -0.05) is 6.92 Å². The van der Waals surface area contributed by atoms with E-state index in [1.54, 1.807) is 0 Å². The Morgan fingerprint density at radius 2 is 2.26 bits per heavy atom. The summed E-state index contributed by atoms with van der Waals surface area (Å²) in [4.78, 5) is 5.07. The van der Waals surface area contributed by atoms with Crippen molar-refractivity contribution in [2.45, 2.75) is 25.9 Å². The van der Waals surface area contributed by atoms with Crippen LogP contribution in [0, 0.1) is 0 Å². The number of nitrogens with zero attached hydrogens (tertiary/aromatic N) is 3. The molecule has 2 aromatic heterocycles. The zero-order chi connectivity index (χ0) is 13.8. The van der Waals surface area contributed by atoms with Gasteiger partial charge in [0.25, 0.3) is 0 Å². The Labute approximate surface area is 118 Å². The predicted molar refractivity (Wildman–Crippen MR) is 80.2 cm³/mol. The monoisotopic (exact) mass is 278 g/mol. The minimum absolute atomic E-state index is 0.283. The van der Waals surface area contributed by atoms with Crippen LogP contribution < -0.4 is 5.73 Å². The van der Waals surface area contributed by atoms with Gasteiger partial charge in [0, 0.05) is 41.7 Å². The Hall–Kier alpha value is -1.17. The van der Waals surface area contributed by atoms with E-state index in [4.69, 9.17) is 5.73 Å². The largest absolute Gasteiger partial charge is 0.329 e. The molecule has 104 valence electrons. The van der Waals surface area contributed by atoms with E-state index < -0.39 is 0 Å². The van der Waals surface area contributed by atoms with Crippen molar-refractivity contribution in [3.8, 4) is 0 Å². The number of hydrogen-bond acceptors (Lipinski definition) is 4. The number of hydrogen-bond donors (Lipinski definition) is 1. The minimum Gasteiger partial charge on any atom is -0.329 e. The predicted octanol–water partition coefficient (Wildman–Crippen LogP) is 2.18. The molecule has 0 fully saturated rings. The maximum absolute atomic E-state index is 5.96. The number of aromatic nitrogens is 2. The topological polar surface area (TPSA) is 47.1 Å². The smallest absolute Gasteiger partial charge is 0.0564 e. The lowest BCUT2D eigenvalue weighted by atomic mass is 10.2. The molecule has 0 saturated heterocycles. The highest BCUT2D eigenvalue weighted by molar-refractivity contribution is 7.12. The molecule has 0 bridgehead atoms. The number of nitrogens with two attached hydrogens (primary N) is 1. The maximum atomic E-state index is 5.96. The van der Waals surface area contributed by atoms with Crippen LogP contribution in [0.15, 0.2) is 24.5 Å². The van der Waals surface area contributed by atoms with Crippen LogP contribution in [0.25, 0.3) is 0 Å². The van der Waals surface area contributed by atoms with Crippen molar-refractivity contribution < 1.29 is 0 Å². The maximum Gasteiger partial charge on any atom is 0.0564 e. The Kier molecular flexibility index (Phi) is 4.74. The van der Waals surface area contributed by atoms with Gasteiger partial charge in [-0.15, -0.1) is 11.3 Å². The first-order valence-electron chi connectivity index (χ1n) is 6.60. The first kappa shape index (κ1) is 14.2. The molecular formula is C14H22N4S. The lowest BCUT2D eigenvalue weighted by molar-refractivity contribution is 0.245. The average Bonchev–Trinajstić information content (AvgIpc) is 3.00. The van der Waals surface area contributed by atoms with Gasteiger partial charge < -0.3 is 5.73 Å². The number of thiophene rings is 1. The van der Waals surface area contributed by atoms with E-state index in [1.807, 2.05) is 29.3 Å². The van der Waals surface area contributed by atoms with Crippen LogP contribution in [0.5, 0.6) is 0 Å². The van der Waals surface area contributed by atoms with Gasteiger partial charge in [-0.25, -0.2) is 0 Å². The van der Waals surface area contributed by atoms with Gasteiger partial charge in [-0.05, 0) is 25.6 Å². The highest BCUT2D eigenvalue weighted by Crippen LogP contribution is 2.27. The third-order valence-electron chi connectivity index (χ3n) is 3.30. The molecule has 0 aliphatic carbocycles. The van der Waals surface area contributed by atoms with Crippen LogP contribution >= 0.6 is 11.3 Å². The van der Waals surface area contributed by atoms with Gasteiger partial charge >= 0.3 is 0 Å². The molecular weight excluding hydrogens is 256 g/mol. The second kappa shape index (κ2) is 6.32. The molecule has 0 aliphatic heterocycles. The van der Waals surface area contributed by atoms with E-state index >= 15 is 0 Å². The molecule has 2 heterocycles. The lowest BCUT2D eigenvalue weighted by Crippen LogP contribution is -2.29. The minimum atomic E-state index is 0.283. The summed E-state index contributed by atoms with van der Waals surface area (Å²) in [5, 5.41) is 4.21. The highest BCUT2D eigenvalue weighted by atomic mass is 32.1. The lowest BCUT2D eigenvalue weighted by Gasteiger charge is -2.25. The molecule has 1 unspecified atom stereocenters. The number of rotatable bonds is 6. The first-order chi connectivity index (χ1) is 9.13. The number of likely N-dealkylation sites (N-methyl/N-ethyl adjacent to an activating group) is 1. The van der Waals surface area contributed by atoms with E-state index in [2.05, 4.69) is 42.3 Å². The van der Waals surface area contributed by atoms with Crippen molar-refractivity contribution in [3.05, 3.63) is 39.8 Å². The summed E-state index contributed by atoms with van der Waals surface area (Å²) in [5.41, 5.74) is 7.18. The van der Waals surface area contributed by atoms with Gasteiger partial charge in [0.15, 0.2) is 0 Å². The van der Waals surface area contributed by atoms with Crippen molar-refractivity contribution in [1.29, 1.82) is 0 Å². The fraction of sp³-hybridized carbons (Fsp3) is 0.500. The Morgan fingerprint density at radius 1 is 1.47 bits per heavy atom. The van der Waals surface area contributed by atoms with Crippen molar-refractivity contribution in [1.82, 2.24) is 14.7 Å². The standard InChI is InChI=1S/C14H22N4S/c1-4-12-5-6-14(19-12)13(7-15)17(2)9-11-8-16-18(3)10-11/h5-6,8,10,13H,4,7,9,15H2,1-3H3. The van der Waals surface area contributed by atoms with Crippen molar-refractivity contribution in [2.75, 3.05) is 13.6 Å². The van der Waals surface area contributed by atoms with Crippen LogP contribution in [-0.4, -0.2) is 28.3 Å². The summed E-state index contributed by atoms with van der Waals surface area (Å²) in [6.07, 6.45) is 5.06. The molecule has 0 aliphatic rings. The molecule has 2 aromatic rings. The van der Waals surface area contributed by atoms with Gasteiger partial charge in [0.05, 0.1) is 12.2 Å². The second-order valence-corrected chi connectivity index (χ2v) is 6.05. The van der Waals surface area contributed by atoms with E-state index in [0.29, 0.717) is 6.54 Å². The van der Waals surface area contributed by atoms with Crippen molar-refractivity contribution in [3.63, 3.8) is 0 Å². The van der Waals surface area contributed by atoms with Crippen molar-refractivity contribution in [2.24, 2.45) is 12.8 Å². The van der Waals surface area contributed by atoms with Gasteiger partial charge in [0.1, 0.15) is 0 Å². The van der Waals surface area contributed by atoms with Crippen LogP contribution in [0.4, 0.5) is 0 Å². The quantitative estimate of drug-likeness (QED) is 0.881. The Bertz CT molecular complexity index is 517. The molecule has 0 saturated carbocycles. The fourth-order valence-corrected chi connectivity index (χ4v) is 3.36. The fourth-order valence-electron chi connectivity index (χ4n) is 2.23. The van der Waals surface area contributed by atoms with Gasteiger partial charge in [-0.2, -0.15) is 5.10 Å². The molecule has 19 heavy (non-hydrogen) atoms. The molecule has 4 nitrogen and oxygen atoms in total. The van der Waals surface area contributed by atoms with E-state index in [9.17, 15) is 0 Å². The molecule has 0 aromatic carbocycles. The van der Waals surface area contributed by atoms with E-state index in [1.165, 1.54) is 15.3 Å². The highest BCUT2D eigenvalue weighted by Gasteiger charge is 2.18. The summed E-state index contributed by atoms with van der Waals surface area (Å²) in [6, 6.07) is 4.70. The zero-order valence-electron chi connectivity index (χ0n) is 11.8.